The van der Waals surface area contributed by atoms with Gasteiger partial charge in [-0.25, -0.2) is 5.01 Å². The monoisotopic (exact) mass is 198 g/mol. The molecule has 0 bridgehead atoms. The van der Waals surface area contributed by atoms with Gasteiger partial charge in [0.05, 0.1) is 0 Å². The van der Waals surface area contributed by atoms with E-state index >= 15 is 0 Å². The summed E-state index contributed by atoms with van der Waals surface area (Å²) in [7, 11) is 1.58. The molecule has 14 heavy (non-hydrogen) atoms. The second kappa shape index (κ2) is 5.42. The number of carbonyl (C=O) groups is 2. The van der Waals surface area contributed by atoms with Crippen molar-refractivity contribution in [2.45, 2.75) is 33.6 Å². The Hall–Kier alpha value is -1.32. The lowest BCUT2D eigenvalue weighted by molar-refractivity contribution is -0.163. The maximum atomic E-state index is 11.3. The van der Waals surface area contributed by atoms with Gasteiger partial charge in [-0.3, -0.25) is 14.6 Å². The molecule has 0 atom stereocenters. The van der Waals surface area contributed by atoms with Gasteiger partial charge in [0.15, 0.2) is 0 Å². The summed E-state index contributed by atoms with van der Waals surface area (Å²) in [6.07, 6.45) is 0.592. The van der Waals surface area contributed by atoms with E-state index in [1.54, 1.807) is 14.0 Å². The van der Waals surface area contributed by atoms with E-state index in [2.05, 4.69) is 6.58 Å². The minimum Gasteiger partial charge on any atom is -0.273 e. The van der Waals surface area contributed by atoms with Crippen molar-refractivity contribution in [3.8, 4) is 0 Å². The highest BCUT2D eigenvalue weighted by molar-refractivity contribution is 5.90. The SMILES string of the molecule is C=C(C)N1C(=O)CCC(=O)N1C.CC. The average Bonchev–Trinajstić information content (AvgIpc) is 2.15. The average molecular weight is 198 g/mol. The number of amides is 2. The molecule has 2 amide bonds. The number of rotatable bonds is 1. The van der Waals surface area contributed by atoms with Crippen LogP contribution in [0.25, 0.3) is 0 Å². The van der Waals surface area contributed by atoms with Crippen LogP contribution in [0.4, 0.5) is 0 Å². The van der Waals surface area contributed by atoms with Crippen LogP contribution in [0, 0.1) is 0 Å². The van der Waals surface area contributed by atoms with E-state index in [0.717, 1.165) is 0 Å². The van der Waals surface area contributed by atoms with Crippen LogP contribution in [0.3, 0.4) is 0 Å². The Morgan fingerprint density at radius 2 is 1.64 bits per heavy atom. The molecule has 0 unspecified atom stereocenters. The standard InChI is InChI=1S/C8H12N2O2.C2H6/c1-6(2)10-8(12)5-4-7(11)9(10)3;1-2/h1,4-5H2,2-3H3;1-2H3. The van der Waals surface area contributed by atoms with Crippen molar-refractivity contribution in [3.05, 3.63) is 12.3 Å². The van der Waals surface area contributed by atoms with Gasteiger partial charge < -0.3 is 0 Å². The fraction of sp³-hybridized carbons (Fsp3) is 0.600. The summed E-state index contributed by atoms with van der Waals surface area (Å²) < 4.78 is 0. The molecular weight excluding hydrogens is 180 g/mol. The van der Waals surface area contributed by atoms with E-state index in [9.17, 15) is 9.59 Å². The maximum absolute atomic E-state index is 11.3. The summed E-state index contributed by atoms with van der Waals surface area (Å²) in [5.74, 6) is -0.109. The van der Waals surface area contributed by atoms with Gasteiger partial charge in [-0.15, -0.1) is 0 Å². The van der Waals surface area contributed by atoms with E-state index in [1.165, 1.54) is 10.0 Å². The summed E-state index contributed by atoms with van der Waals surface area (Å²) in [6.45, 7) is 9.33. The summed E-state index contributed by atoms with van der Waals surface area (Å²) in [5, 5.41) is 2.62. The molecule has 0 radical (unpaired) electrons. The summed E-state index contributed by atoms with van der Waals surface area (Å²) in [4.78, 5) is 22.4. The fourth-order valence-electron chi connectivity index (χ4n) is 1.23. The summed E-state index contributed by atoms with van der Waals surface area (Å²) >= 11 is 0. The van der Waals surface area contributed by atoms with Crippen LogP contribution >= 0.6 is 0 Å². The normalized spacial score (nSPS) is 16.3. The molecule has 0 N–H and O–H groups in total. The highest BCUT2D eigenvalue weighted by atomic mass is 16.2. The van der Waals surface area contributed by atoms with E-state index in [4.69, 9.17) is 0 Å². The van der Waals surface area contributed by atoms with Crippen molar-refractivity contribution in [2.24, 2.45) is 0 Å². The van der Waals surface area contributed by atoms with Crippen molar-refractivity contribution in [3.63, 3.8) is 0 Å². The van der Waals surface area contributed by atoms with Gasteiger partial charge in [0.2, 0.25) is 11.8 Å². The zero-order chi connectivity index (χ0) is 11.3. The molecule has 0 saturated carbocycles. The van der Waals surface area contributed by atoms with Crippen LogP contribution in [-0.4, -0.2) is 28.9 Å². The van der Waals surface area contributed by atoms with Crippen molar-refractivity contribution in [1.82, 2.24) is 10.0 Å². The quantitative estimate of drug-likeness (QED) is 0.641. The highest BCUT2D eigenvalue weighted by Gasteiger charge is 2.28. The fourth-order valence-corrected chi connectivity index (χ4v) is 1.23. The van der Waals surface area contributed by atoms with Crippen LogP contribution in [0.5, 0.6) is 0 Å². The Balaban J connectivity index is 0.000000791. The Morgan fingerprint density at radius 3 is 2.00 bits per heavy atom. The summed E-state index contributed by atoms with van der Waals surface area (Å²) in [6, 6.07) is 0. The lowest BCUT2D eigenvalue weighted by atomic mass is 10.2. The molecule has 0 aromatic heterocycles. The van der Waals surface area contributed by atoms with Crippen molar-refractivity contribution in [2.75, 3.05) is 7.05 Å². The first-order valence-electron chi connectivity index (χ1n) is 4.79. The molecule has 1 fully saturated rings. The molecule has 0 spiro atoms. The predicted octanol–water partition coefficient (Wildman–Crippen LogP) is 1.54. The predicted molar refractivity (Wildman–Crippen MR) is 55.0 cm³/mol. The largest absolute Gasteiger partial charge is 0.273 e. The zero-order valence-electron chi connectivity index (χ0n) is 9.33. The van der Waals surface area contributed by atoms with E-state index in [0.29, 0.717) is 12.1 Å². The molecule has 1 rings (SSSR count). The number of allylic oxidation sites excluding steroid dienone is 1. The van der Waals surface area contributed by atoms with Gasteiger partial charge >= 0.3 is 0 Å². The third kappa shape index (κ3) is 2.58. The van der Waals surface area contributed by atoms with Crippen molar-refractivity contribution >= 4 is 11.8 Å². The second-order valence-electron chi connectivity index (χ2n) is 2.86. The minimum absolute atomic E-state index is 0.0439. The Bertz CT molecular complexity index is 249. The second-order valence-corrected chi connectivity index (χ2v) is 2.86. The lowest BCUT2D eigenvalue weighted by Gasteiger charge is -2.35. The molecule has 1 saturated heterocycles. The number of hydrazine groups is 1. The van der Waals surface area contributed by atoms with E-state index in [-0.39, 0.29) is 18.2 Å². The first-order valence-corrected chi connectivity index (χ1v) is 4.79. The van der Waals surface area contributed by atoms with Gasteiger partial charge in [0.25, 0.3) is 0 Å². The Morgan fingerprint density at radius 1 is 1.21 bits per heavy atom. The molecule has 0 aromatic rings. The first-order chi connectivity index (χ1) is 6.54. The smallest absolute Gasteiger partial charge is 0.246 e. The third-order valence-electron chi connectivity index (χ3n) is 1.81. The van der Waals surface area contributed by atoms with Gasteiger partial charge in [0, 0.05) is 25.6 Å². The lowest BCUT2D eigenvalue weighted by Crippen LogP contribution is -2.49. The topological polar surface area (TPSA) is 40.6 Å². The molecule has 0 aromatic carbocycles. The van der Waals surface area contributed by atoms with Crippen LogP contribution < -0.4 is 0 Å². The molecule has 4 nitrogen and oxygen atoms in total. The van der Waals surface area contributed by atoms with E-state index in [1.807, 2.05) is 13.8 Å². The molecule has 0 aliphatic carbocycles. The van der Waals surface area contributed by atoms with Gasteiger partial charge in [0.1, 0.15) is 0 Å². The Labute approximate surface area is 85.1 Å². The molecule has 1 aliphatic heterocycles. The Kier molecular flexibility index (Phi) is 4.91. The molecule has 4 heteroatoms. The van der Waals surface area contributed by atoms with Crippen LogP contribution in [0.1, 0.15) is 33.6 Å². The number of hydrogen-bond acceptors (Lipinski definition) is 2. The number of carbonyl (C=O) groups excluding carboxylic acids is 2. The number of nitrogens with zero attached hydrogens (tertiary/aromatic N) is 2. The van der Waals surface area contributed by atoms with Crippen molar-refractivity contribution < 1.29 is 9.59 Å². The van der Waals surface area contributed by atoms with Gasteiger partial charge in [-0.2, -0.15) is 0 Å². The summed E-state index contributed by atoms with van der Waals surface area (Å²) in [5.41, 5.74) is 0.579. The third-order valence-corrected chi connectivity index (χ3v) is 1.81. The van der Waals surface area contributed by atoms with Gasteiger partial charge in [-0.05, 0) is 6.92 Å². The molecule has 1 aliphatic rings. The zero-order valence-corrected chi connectivity index (χ0v) is 9.33. The van der Waals surface area contributed by atoms with Crippen LogP contribution in [0.2, 0.25) is 0 Å². The molecular formula is C10H18N2O2. The highest BCUT2D eigenvalue weighted by Crippen LogP contribution is 2.15. The maximum Gasteiger partial charge on any atom is 0.246 e. The van der Waals surface area contributed by atoms with Crippen LogP contribution in [0.15, 0.2) is 12.3 Å². The van der Waals surface area contributed by atoms with E-state index < -0.39 is 0 Å². The van der Waals surface area contributed by atoms with Crippen molar-refractivity contribution in [1.29, 1.82) is 0 Å². The molecule has 80 valence electrons. The van der Waals surface area contributed by atoms with Crippen LogP contribution in [-0.2, 0) is 9.59 Å². The first kappa shape index (κ1) is 12.7. The minimum atomic E-state index is -0.0652. The number of hydrogen-bond donors (Lipinski definition) is 0. The molecule has 1 heterocycles. The van der Waals surface area contributed by atoms with Gasteiger partial charge in [-0.1, -0.05) is 20.4 Å².